The van der Waals surface area contributed by atoms with Crippen LogP contribution in [-0.4, -0.2) is 14.7 Å². The Bertz CT molecular complexity index is 857. The van der Waals surface area contributed by atoms with Crippen LogP contribution in [0, 0.1) is 5.82 Å². The molecule has 0 aliphatic carbocycles. The van der Waals surface area contributed by atoms with E-state index in [0.717, 1.165) is 0 Å². The SMILES string of the molecule is C[C@@H](O)c1nc2cccc(F)c2c(=O)n1-c1ccccc1. The van der Waals surface area contributed by atoms with Crippen molar-refractivity contribution in [2.75, 3.05) is 0 Å². The number of hydrogen-bond donors (Lipinski definition) is 1. The molecule has 5 heteroatoms. The van der Waals surface area contributed by atoms with Crippen LogP contribution < -0.4 is 5.56 Å². The average molecular weight is 284 g/mol. The van der Waals surface area contributed by atoms with Crippen LogP contribution in [0.15, 0.2) is 53.3 Å². The number of rotatable bonds is 2. The fourth-order valence-corrected chi connectivity index (χ4v) is 2.31. The van der Waals surface area contributed by atoms with E-state index >= 15 is 0 Å². The zero-order valence-corrected chi connectivity index (χ0v) is 11.3. The fourth-order valence-electron chi connectivity index (χ4n) is 2.31. The van der Waals surface area contributed by atoms with Gasteiger partial charge in [-0.15, -0.1) is 0 Å². The maximum Gasteiger partial charge on any atom is 0.269 e. The van der Waals surface area contributed by atoms with Crippen molar-refractivity contribution in [3.8, 4) is 5.69 Å². The third kappa shape index (κ3) is 2.21. The maximum absolute atomic E-state index is 14.0. The van der Waals surface area contributed by atoms with Crippen molar-refractivity contribution in [1.82, 2.24) is 9.55 Å². The average Bonchev–Trinajstić information content (AvgIpc) is 2.47. The van der Waals surface area contributed by atoms with Gasteiger partial charge in [-0.2, -0.15) is 0 Å². The highest BCUT2D eigenvalue weighted by Crippen LogP contribution is 2.19. The summed E-state index contributed by atoms with van der Waals surface area (Å²) in [4.78, 5) is 16.9. The molecule has 0 fully saturated rings. The highest BCUT2D eigenvalue weighted by atomic mass is 19.1. The van der Waals surface area contributed by atoms with Crippen LogP contribution in [0.1, 0.15) is 18.9 Å². The minimum atomic E-state index is -0.953. The van der Waals surface area contributed by atoms with Gasteiger partial charge in [0.05, 0.1) is 11.2 Å². The van der Waals surface area contributed by atoms with E-state index in [-0.39, 0.29) is 16.7 Å². The van der Waals surface area contributed by atoms with Crippen LogP contribution in [0.25, 0.3) is 16.6 Å². The molecule has 0 amide bonds. The van der Waals surface area contributed by atoms with Crippen LogP contribution in [0.4, 0.5) is 4.39 Å². The van der Waals surface area contributed by atoms with E-state index < -0.39 is 17.5 Å². The number of hydrogen-bond acceptors (Lipinski definition) is 3. The lowest BCUT2D eigenvalue weighted by molar-refractivity contribution is 0.186. The second kappa shape index (κ2) is 5.10. The maximum atomic E-state index is 14.0. The molecule has 21 heavy (non-hydrogen) atoms. The quantitative estimate of drug-likeness (QED) is 0.787. The molecule has 1 heterocycles. The van der Waals surface area contributed by atoms with Crippen molar-refractivity contribution < 1.29 is 9.50 Å². The summed E-state index contributed by atoms with van der Waals surface area (Å²) in [6.45, 7) is 1.52. The van der Waals surface area contributed by atoms with Gasteiger partial charge < -0.3 is 5.11 Å². The summed E-state index contributed by atoms with van der Waals surface area (Å²) in [6.07, 6.45) is -0.953. The number of aromatic nitrogens is 2. The molecule has 1 atom stereocenters. The van der Waals surface area contributed by atoms with Gasteiger partial charge in [-0.1, -0.05) is 24.3 Å². The predicted molar refractivity (Wildman–Crippen MR) is 77.9 cm³/mol. The lowest BCUT2D eigenvalue weighted by Gasteiger charge is -2.15. The van der Waals surface area contributed by atoms with Crippen molar-refractivity contribution in [2.24, 2.45) is 0 Å². The normalized spacial score (nSPS) is 12.5. The lowest BCUT2D eigenvalue weighted by Crippen LogP contribution is -2.25. The van der Waals surface area contributed by atoms with Gasteiger partial charge in [0.25, 0.3) is 5.56 Å². The van der Waals surface area contributed by atoms with E-state index in [0.29, 0.717) is 5.69 Å². The zero-order valence-electron chi connectivity index (χ0n) is 11.3. The Morgan fingerprint density at radius 3 is 2.52 bits per heavy atom. The standard InChI is InChI=1S/C16H13FN2O2/c1-10(20)15-18-13-9-5-8-12(17)14(13)16(21)19(15)11-6-3-2-4-7-11/h2-10,20H,1H3/t10-/m1/s1. The first-order chi connectivity index (χ1) is 10.1. The second-order valence-corrected chi connectivity index (χ2v) is 4.76. The molecule has 1 aromatic heterocycles. The van der Waals surface area contributed by atoms with Gasteiger partial charge in [-0.25, -0.2) is 9.37 Å². The van der Waals surface area contributed by atoms with E-state index in [1.165, 1.54) is 23.6 Å². The van der Waals surface area contributed by atoms with Gasteiger partial charge in [-0.05, 0) is 31.2 Å². The number of fused-ring (bicyclic) bond motifs is 1. The van der Waals surface area contributed by atoms with Crippen molar-refractivity contribution >= 4 is 10.9 Å². The Morgan fingerprint density at radius 1 is 1.14 bits per heavy atom. The first-order valence-corrected chi connectivity index (χ1v) is 6.54. The van der Waals surface area contributed by atoms with Crippen molar-refractivity contribution in [2.45, 2.75) is 13.0 Å². The Balaban J connectivity index is 2.47. The molecule has 2 aromatic carbocycles. The topological polar surface area (TPSA) is 55.1 Å². The van der Waals surface area contributed by atoms with Crippen molar-refractivity contribution in [1.29, 1.82) is 0 Å². The number of aliphatic hydroxyl groups is 1. The number of aliphatic hydroxyl groups excluding tert-OH is 1. The van der Waals surface area contributed by atoms with Crippen molar-refractivity contribution in [3.05, 3.63) is 70.5 Å². The van der Waals surface area contributed by atoms with Gasteiger partial charge in [0.15, 0.2) is 0 Å². The predicted octanol–water partition coefficient (Wildman–Crippen LogP) is 2.58. The minimum absolute atomic E-state index is 0.0780. The zero-order chi connectivity index (χ0) is 15.0. The highest BCUT2D eigenvalue weighted by molar-refractivity contribution is 5.78. The van der Waals surface area contributed by atoms with E-state index in [2.05, 4.69) is 4.98 Å². The molecule has 4 nitrogen and oxygen atoms in total. The molecule has 0 spiro atoms. The van der Waals surface area contributed by atoms with E-state index in [1.807, 2.05) is 6.07 Å². The summed E-state index contributed by atoms with van der Waals surface area (Å²) < 4.78 is 15.2. The fraction of sp³-hybridized carbons (Fsp3) is 0.125. The summed E-state index contributed by atoms with van der Waals surface area (Å²) in [5, 5.41) is 9.83. The smallest absolute Gasteiger partial charge is 0.269 e. The molecule has 3 rings (SSSR count). The van der Waals surface area contributed by atoms with Gasteiger partial charge in [-0.3, -0.25) is 9.36 Å². The summed E-state index contributed by atoms with van der Waals surface area (Å²) in [7, 11) is 0. The molecular weight excluding hydrogens is 271 g/mol. The Morgan fingerprint density at radius 2 is 1.86 bits per heavy atom. The second-order valence-electron chi connectivity index (χ2n) is 4.76. The summed E-state index contributed by atoms with van der Waals surface area (Å²) in [6, 6.07) is 13.0. The molecule has 0 unspecified atom stereocenters. The Labute approximate surface area is 120 Å². The Hall–Kier alpha value is -2.53. The molecule has 0 bridgehead atoms. The lowest BCUT2D eigenvalue weighted by atomic mass is 10.2. The van der Waals surface area contributed by atoms with Gasteiger partial charge >= 0.3 is 0 Å². The number of para-hydroxylation sites is 1. The molecule has 0 radical (unpaired) electrons. The summed E-state index contributed by atoms with van der Waals surface area (Å²) in [5.41, 5.74) is 0.249. The molecular formula is C16H13FN2O2. The molecule has 106 valence electrons. The molecule has 0 saturated carbocycles. The van der Waals surface area contributed by atoms with Gasteiger partial charge in [0.1, 0.15) is 23.1 Å². The Kier molecular flexibility index (Phi) is 3.27. The highest BCUT2D eigenvalue weighted by Gasteiger charge is 2.17. The first-order valence-electron chi connectivity index (χ1n) is 6.54. The number of halogens is 1. The van der Waals surface area contributed by atoms with Crippen LogP contribution in [0.3, 0.4) is 0 Å². The first kappa shape index (κ1) is 13.5. The van der Waals surface area contributed by atoms with Crippen LogP contribution in [-0.2, 0) is 0 Å². The number of nitrogens with zero attached hydrogens (tertiary/aromatic N) is 2. The van der Waals surface area contributed by atoms with Crippen LogP contribution in [0.5, 0.6) is 0 Å². The van der Waals surface area contributed by atoms with E-state index in [4.69, 9.17) is 0 Å². The molecule has 3 aromatic rings. The third-order valence-corrected chi connectivity index (χ3v) is 3.26. The summed E-state index contributed by atoms with van der Waals surface area (Å²) in [5.74, 6) is -0.434. The van der Waals surface area contributed by atoms with Gasteiger partial charge in [0, 0.05) is 0 Å². The van der Waals surface area contributed by atoms with Gasteiger partial charge in [0.2, 0.25) is 0 Å². The van der Waals surface area contributed by atoms with Crippen LogP contribution >= 0.6 is 0 Å². The molecule has 1 N–H and O–H groups in total. The van der Waals surface area contributed by atoms with E-state index in [9.17, 15) is 14.3 Å². The van der Waals surface area contributed by atoms with Crippen molar-refractivity contribution in [3.63, 3.8) is 0 Å². The largest absolute Gasteiger partial charge is 0.385 e. The molecule has 0 aliphatic rings. The minimum Gasteiger partial charge on any atom is -0.385 e. The monoisotopic (exact) mass is 284 g/mol. The van der Waals surface area contributed by atoms with Crippen LogP contribution in [0.2, 0.25) is 0 Å². The van der Waals surface area contributed by atoms with E-state index in [1.54, 1.807) is 30.3 Å². The molecule has 0 saturated heterocycles. The number of benzene rings is 2. The molecule has 0 aliphatic heterocycles. The summed E-state index contributed by atoms with van der Waals surface area (Å²) >= 11 is 0. The third-order valence-electron chi connectivity index (χ3n) is 3.26.